The number of rotatable bonds is 1. The van der Waals surface area contributed by atoms with Crippen LogP contribution >= 0.6 is 0 Å². The van der Waals surface area contributed by atoms with E-state index in [1.807, 2.05) is 6.92 Å². The fourth-order valence-corrected chi connectivity index (χ4v) is 2.91. The van der Waals surface area contributed by atoms with E-state index in [1.54, 1.807) is 0 Å². The fourth-order valence-electron chi connectivity index (χ4n) is 2.91. The quantitative estimate of drug-likeness (QED) is 0.649. The number of hydrogen-bond donors (Lipinski definition) is 1. The molecule has 0 bridgehead atoms. The summed E-state index contributed by atoms with van der Waals surface area (Å²) in [6, 6.07) is 0. The van der Waals surface area contributed by atoms with Gasteiger partial charge < -0.3 is 9.84 Å². The Morgan fingerprint density at radius 3 is 3.00 bits per heavy atom. The summed E-state index contributed by atoms with van der Waals surface area (Å²) in [6.45, 7) is 4.15. The lowest BCUT2D eigenvalue weighted by atomic mass is 9.85. The van der Waals surface area contributed by atoms with E-state index in [4.69, 9.17) is 4.74 Å². The standard InChI is InChI=1S/C10H18O2/c1-3-9-8-5-4-6-10(8,11)7(2)12-9/h7-9,11H,3-6H2,1-2H3/t7-,8-,9+,10-/m1/s1. The van der Waals surface area contributed by atoms with Gasteiger partial charge in [-0.1, -0.05) is 6.92 Å². The first-order valence-electron chi connectivity index (χ1n) is 5.06. The maximum absolute atomic E-state index is 10.3. The molecule has 0 aromatic rings. The first-order chi connectivity index (χ1) is 5.68. The summed E-state index contributed by atoms with van der Waals surface area (Å²) in [5.41, 5.74) is -0.485. The van der Waals surface area contributed by atoms with Gasteiger partial charge >= 0.3 is 0 Å². The van der Waals surface area contributed by atoms with Crippen molar-refractivity contribution in [2.75, 3.05) is 0 Å². The van der Waals surface area contributed by atoms with Crippen LogP contribution in [-0.2, 0) is 4.74 Å². The van der Waals surface area contributed by atoms with E-state index < -0.39 is 5.60 Å². The van der Waals surface area contributed by atoms with Crippen LogP contribution in [0.3, 0.4) is 0 Å². The van der Waals surface area contributed by atoms with Gasteiger partial charge in [-0.15, -0.1) is 0 Å². The number of ether oxygens (including phenoxy) is 1. The molecule has 1 heterocycles. The smallest absolute Gasteiger partial charge is 0.0958 e. The minimum Gasteiger partial charge on any atom is -0.387 e. The highest BCUT2D eigenvalue weighted by atomic mass is 16.5. The van der Waals surface area contributed by atoms with E-state index >= 15 is 0 Å². The summed E-state index contributed by atoms with van der Waals surface area (Å²) in [4.78, 5) is 0. The molecule has 12 heavy (non-hydrogen) atoms. The molecule has 4 atom stereocenters. The zero-order valence-electron chi connectivity index (χ0n) is 7.92. The van der Waals surface area contributed by atoms with Gasteiger partial charge in [0.15, 0.2) is 0 Å². The van der Waals surface area contributed by atoms with Crippen molar-refractivity contribution in [1.82, 2.24) is 0 Å². The second kappa shape index (κ2) is 2.71. The number of aliphatic hydroxyl groups is 1. The SMILES string of the molecule is CC[C@@H]1O[C@H](C)[C@]2(O)CCC[C@H]12. The van der Waals surface area contributed by atoms with E-state index in [2.05, 4.69) is 6.92 Å². The lowest BCUT2D eigenvalue weighted by molar-refractivity contribution is -0.0407. The lowest BCUT2D eigenvalue weighted by Crippen LogP contribution is -2.38. The van der Waals surface area contributed by atoms with Crippen LogP contribution in [0.4, 0.5) is 0 Å². The number of hydrogen-bond acceptors (Lipinski definition) is 2. The number of fused-ring (bicyclic) bond motifs is 1. The van der Waals surface area contributed by atoms with Gasteiger partial charge in [0.2, 0.25) is 0 Å². The molecule has 0 amide bonds. The van der Waals surface area contributed by atoms with Crippen LogP contribution < -0.4 is 0 Å². The van der Waals surface area contributed by atoms with Crippen molar-refractivity contribution in [1.29, 1.82) is 0 Å². The van der Waals surface area contributed by atoms with Crippen LogP contribution in [0.1, 0.15) is 39.5 Å². The Bertz CT molecular complexity index is 181. The molecule has 1 aliphatic heterocycles. The highest BCUT2D eigenvalue weighted by Gasteiger charge is 2.54. The molecule has 70 valence electrons. The predicted molar refractivity (Wildman–Crippen MR) is 46.9 cm³/mol. The molecule has 0 aromatic carbocycles. The van der Waals surface area contributed by atoms with Crippen molar-refractivity contribution < 1.29 is 9.84 Å². The monoisotopic (exact) mass is 170 g/mol. The van der Waals surface area contributed by atoms with E-state index in [9.17, 15) is 5.11 Å². The highest BCUT2D eigenvalue weighted by molar-refractivity contribution is 5.04. The van der Waals surface area contributed by atoms with Crippen molar-refractivity contribution in [2.45, 2.75) is 57.3 Å². The molecule has 2 aliphatic rings. The summed E-state index contributed by atoms with van der Waals surface area (Å²) in [7, 11) is 0. The maximum Gasteiger partial charge on any atom is 0.0958 e. The zero-order valence-corrected chi connectivity index (χ0v) is 7.92. The third-order valence-electron chi connectivity index (χ3n) is 3.67. The summed E-state index contributed by atoms with van der Waals surface area (Å²) >= 11 is 0. The Morgan fingerprint density at radius 1 is 1.58 bits per heavy atom. The molecule has 0 radical (unpaired) electrons. The second-order valence-corrected chi connectivity index (χ2v) is 4.21. The normalized spacial score (nSPS) is 52.8. The van der Waals surface area contributed by atoms with E-state index in [0.29, 0.717) is 12.0 Å². The first kappa shape index (κ1) is 8.52. The van der Waals surface area contributed by atoms with Crippen molar-refractivity contribution in [2.24, 2.45) is 5.92 Å². The molecule has 1 aliphatic carbocycles. The van der Waals surface area contributed by atoms with Gasteiger partial charge in [0, 0.05) is 5.92 Å². The Kier molecular flexibility index (Phi) is 1.92. The minimum absolute atomic E-state index is 0.0509. The van der Waals surface area contributed by atoms with Crippen molar-refractivity contribution in [3.63, 3.8) is 0 Å². The zero-order chi connectivity index (χ0) is 8.77. The van der Waals surface area contributed by atoms with Gasteiger partial charge in [-0.3, -0.25) is 0 Å². The van der Waals surface area contributed by atoms with Gasteiger partial charge in [0.1, 0.15) is 0 Å². The minimum atomic E-state index is -0.485. The Balaban J connectivity index is 2.20. The van der Waals surface area contributed by atoms with Crippen LogP contribution in [0.15, 0.2) is 0 Å². The molecule has 2 fully saturated rings. The van der Waals surface area contributed by atoms with Crippen molar-refractivity contribution in [3.8, 4) is 0 Å². The average molecular weight is 170 g/mol. The van der Waals surface area contributed by atoms with Crippen LogP contribution in [0, 0.1) is 5.92 Å². The first-order valence-corrected chi connectivity index (χ1v) is 5.06. The molecule has 2 nitrogen and oxygen atoms in total. The van der Waals surface area contributed by atoms with E-state index in [1.165, 1.54) is 6.42 Å². The summed E-state index contributed by atoms with van der Waals surface area (Å²) in [5.74, 6) is 0.414. The maximum atomic E-state index is 10.3. The molecule has 0 spiro atoms. The molecule has 0 aromatic heterocycles. The lowest BCUT2D eigenvalue weighted by Gasteiger charge is -2.25. The molecule has 2 heteroatoms. The predicted octanol–water partition coefficient (Wildman–Crippen LogP) is 1.71. The van der Waals surface area contributed by atoms with Crippen LogP contribution in [-0.4, -0.2) is 22.9 Å². The van der Waals surface area contributed by atoms with Gasteiger partial charge in [-0.2, -0.15) is 0 Å². The van der Waals surface area contributed by atoms with E-state index in [-0.39, 0.29) is 6.10 Å². The summed E-state index contributed by atoms with van der Waals surface area (Å²) in [6.07, 6.45) is 4.67. The summed E-state index contributed by atoms with van der Waals surface area (Å²) in [5, 5.41) is 10.3. The molecule has 1 N–H and O–H groups in total. The van der Waals surface area contributed by atoms with Crippen LogP contribution in [0.2, 0.25) is 0 Å². The third-order valence-corrected chi connectivity index (χ3v) is 3.67. The Hall–Kier alpha value is -0.0800. The molecule has 2 rings (SSSR count). The third kappa shape index (κ3) is 0.944. The van der Waals surface area contributed by atoms with Crippen molar-refractivity contribution in [3.05, 3.63) is 0 Å². The van der Waals surface area contributed by atoms with Crippen LogP contribution in [0.5, 0.6) is 0 Å². The van der Waals surface area contributed by atoms with Gasteiger partial charge in [0.25, 0.3) is 0 Å². The summed E-state index contributed by atoms with van der Waals surface area (Å²) < 4.78 is 5.73. The molecule has 0 unspecified atom stereocenters. The fraction of sp³-hybridized carbons (Fsp3) is 1.00. The second-order valence-electron chi connectivity index (χ2n) is 4.21. The van der Waals surface area contributed by atoms with Gasteiger partial charge in [-0.25, -0.2) is 0 Å². The van der Waals surface area contributed by atoms with Crippen molar-refractivity contribution >= 4 is 0 Å². The van der Waals surface area contributed by atoms with Crippen LogP contribution in [0.25, 0.3) is 0 Å². The molecule has 1 saturated heterocycles. The molecular formula is C10H18O2. The highest BCUT2D eigenvalue weighted by Crippen LogP contribution is 2.48. The van der Waals surface area contributed by atoms with Gasteiger partial charge in [0.05, 0.1) is 17.8 Å². The Labute approximate surface area is 73.9 Å². The Morgan fingerprint density at radius 2 is 2.33 bits per heavy atom. The average Bonchev–Trinajstić information content (AvgIpc) is 2.51. The topological polar surface area (TPSA) is 29.5 Å². The molecular weight excluding hydrogens is 152 g/mol. The van der Waals surface area contributed by atoms with E-state index in [0.717, 1.165) is 19.3 Å². The van der Waals surface area contributed by atoms with Gasteiger partial charge in [-0.05, 0) is 32.6 Å². The molecule has 1 saturated carbocycles. The largest absolute Gasteiger partial charge is 0.387 e.